The quantitative estimate of drug-likeness (QED) is 0.582. The third-order valence-corrected chi connectivity index (χ3v) is 3.35. The summed E-state index contributed by atoms with van der Waals surface area (Å²) in [5.41, 5.74) is 1.31. The number of hydrogen-bond acceptors (Lipinski definition) is 1. The summed E-state index contributed by atoms with van der Waals surface area (Å²) < 4.78 is 0. The van der Waals surface area contributed by atoms with Crippen molar-refractivity contribution >= 4 is 11.8 Å². The van der Waals surface area contributed by atoms with Gasteiger partial charge in [-0.15, -0.1) is 6.58 Å². The van der Waals surface area contributed by atoms with Crippen molar-refractivity contribution in [2.24, 2.45) is 5.92 Å². The Morgan fingerprint density at radius 3 is 2.00 bits per heavy atom. The molecule has 1 atom stereocenters. The van der Waals surface area contributed by atoms with Crippen LogP contribution in [0.25, 0.3) is 0 Å². The molecule has 0 saturated heterocycles. The summed E-state index contributed by atoms with van der Waals surface area (Å²) >= 11 is 2.08. The van der Waals surface area contributed by atoms with E-state index in [2.05, 4.69) is 53.0 Å². The summed E-state index contributed by atoms with van der Waals surface area (Å²) in [5.74, 6) is 0.758. The van der Waals surface area contributed by atoms with Crippen LogP contribution in [-0.4, -0.2) is 10.5 Å². The second kappa shape index (κ2) is 5.69. The van der Waals surface area contributed by atoms with E-state index in [1.807, 2.05) is 0 Å². The monoisotopic (exact) mass is 186 g/mol. The maximum absolute atomic E-state index is 3.97. The third kappa shape index (κ3) is 5.70. The lowest BCUT2D eigenvalue weighted by Gasteiger charge is -2.22. The number of rotatable bonds is 5. The summed E-state index contributed by atoms with van der Waals surface area (Å²) in [6.07, 6.45) is 1.17. The molecule has 0 amide bonds. The Morgan fingerprint density at radius 1 is 1.25 bits per heavy atom. The average molecular weight is 186 g/mol. The van der Waals surface area contributed by atoms with Crippen LogP contribution in [-0.2, 0) is 0 Å². The van der Waals surface area contributed by atoms with Crippen LogP contribution in [0.5, 0.6) is 0 Å². The second-order valence-electron chi connectivity index (χ2n) is 4.13. The molecule has 12 heavy (non-hydrogen) atoms. The number of allylic oxidation sites excluding steroid dienone is 1. The molecular formula is C11H22S. The molecule has 0 heterocycles. The van der Waals surface area contributed by atoms with Crippen molar-refractivity contribution in [3.05, 3.63) is 12.2 Å². The zero-order chi connectivity index (χ0) is 9.72. The van der Waals surface area contributed by atoms with Gasteiger partial charge in [0.25, 0.3) is 0 Å². The van der Waals surface area contributed by atoms with E-state index in [0.29, 0.717) is 0 Å². The van der Waals surface area contributed by atoms with Gasteiger partial charge in [0.05, 0.1) is 0 Å². The zero-order valence-electron chi connectivity index (χ0n) is 9.05. The Morgan fingerprint density at radius 2 is 1.75 bits per heavy atom. The van der Waals surface area contributed by atoms with Crippen molar-refractivity contribution in [2.75, 3.05) is 0 Å². The molecule has 72 valence electrons. The first-order valence-corrected chi connectivity index (χ1v) is 5.67. The fourth-order valence-corrected chi connectivity index (χ4v) is 2.53. The SMILES string of the molecule is C=C(C)CC(SC(C)C)C(C)C. The van der Waals surface area contributed by atoms with E-state index in [4.69, 9.17) is 0 Å². The largest absolute Gasteiger partial charge is 0.155 e. The van der Waals surface area contributed by atoms with Crippen LogP contribution in [0.4, 0.5) is 0 Å². The van der Waals surface area contributed by atoms with Crippen LogP contribution in [0.3, 0.4) is 0 Å². The van der Waals surface area contributed by atoms with E-state index in [9.17, 15) is 0 Å². The van der Waals surface area contributed by atoms with Gasteiger partial charge in [0.2, 0.25) is 0 Å². The van der Waals surface area contributed by atoms with Crippen molar-refractivity contribution in [2.45, 2.75) is 51.5 Å². The van der Waals surface area contributed by atoms with Gasteiger partial charge in [-0.3, -0.25) is 0 Å². The Bertz CT molecular complexity index is 136. The molecule has 0 N–H and O–H groups in total. The van der Waals surface area contributed by atoms with Gasteiger partial charge >= 0.3 is 0 Å². The second-order valence-corrected chi connectivity index (χ2v) is 5.95. The van der Waals surface area contributed by atoms with E-state index >= 15 is 0 Å². The highest BCUT2D eigenvalue weighted by Crippen LogP contribution is 2.28. The Labute approximate surface area is 81.8 Å². The van der Waals surface area contributed by atoms with Crippen LogP contribution in [0.2, 0.25) is 0 Å². The molecule has 0 aromatic heterocycles. The van der Waals surface area contributed by atoms with E-state index in [-0.39, 0.29) is 0 Å². The molecule has 0 rings (SSSR count). The summed E-state index contributed by atoms with van der Waals surface area (Å²) in [6.45, 7) is 15.2. The van der Waals surface area contributed by atoms with Crippen LogP contribution >= 0.6 is 11.8 Å². The fraction of sp³-hybridized carbons (Fsp3) is 0.818. The minimum Gasteiger partial charge on any atom is -0.155 e. The highest BCUT2D eigenvalue weighted by Gasteiger charge is 2.15. The number of hydrogen-bond donors (Lipinski definition) is 0. The predicted octanol–water partition coefficient (Wildman–Crippen LogP) is 4.12. The molecule has 0 radical (unpaired) electrons. The molecule has 0 spiro atoms. The van der Waals surface area contributed by atoms with Gasteiger partial charge in [0, 0.05) is 5.25 Å². The van der Waals surface area contributed by atoms with E-state index < -0.39 is 0 Å². The summed E-state index contributed by atoms with van der Waals surface area (Å²) in [5, 5.41) is 1.49. The van der Waals surface area contributed by atoms with E-state index in [0.717, 1.165) is 16.4 Å². The van der Waals surface area contributed by atoms with Gasteiger partial charge in [0.15, 0.2) is 0 Å². The molecule has 0 aromatic rings. The third-order valence-electron chi connectivity index (χ3n) is 1.74. The first kappa shape index (κ1) is 12.1. The summed E-state index contributed by atoms with van der Waals surface area (Å²) in [6, 6.07) is 0. The molecule has 0 nitrogen and oxygen atoms in total. The smallest absolute Gasteiger partial charge is 0.0110 e. The Balaban J connectivity index is 3.95. The molecule has 0 aliphatic heterocycles. The molecule has 0 bridgehead atoms. The minimum atomic E-state index is 0.733. The van der Waals surface area contributed by atoms with Gasteiger partial charge in [0.1, 0.15) is 0 Å². The van der Waals surface area contributed by atoms with Gasteiger partial charge in [-0.25, -0.2) is 0 Å². The van der Waals surface area contributed by atoms with E-state index in [1.54, 1.807) is 0 Å². The normalized spacial score (nSPS) is 13.9. The highest BCUT2D eigenvalue weighted by molar-refractivity contribution is 8.00. The molecule has 0 aliphatic rings. The Hall–Kier alpha value is 0.0900. The van der Waals surface area contributed by atoms with Gasteiger partial charge in [-0.1, -0.05) is 33.3 Å². The lowest BCUT2D eigenvalue weighted by molar-refractivity contribution is 0.601. The first-order valence-electron chi connectivity index (χ1n) is 4.73. The van der Waals surface area contributed by atoms with Crippen molar-refractivity contribution in [3.8, 4) is 0 Å². The van der Waals surface area contributed by atoms with Crippen molar-refractivity contribution in [3.63, 3.8) is 0 Å². The maximum atomic E-state index is 3.97. The van der Waals surface area contributed by atoms with Crippen LogP contribution in [0, 0.1) is 5.92 Å². The van der Waals surface area contributed by atoms with Crippen LogP contribution in [0.1, 0.15) is 41.0 Å². The first-order chi connectivity index (χ1) is 5.43. The van der Waals surface area contributed by atoms with Gasteiger partial charge in [-0.05, 0) is 24.5 Å². The average Bonchev–Trinajstić information content (AvgIpc) is 1.83. The zero-order valence-corrected chi connectivity index (χ0v) is 9.87. The molecule has 0 aromatic carbocycles. The lowest BCUT2D eigenvalue weighted by Crippen LogP contribution is -2.14. The van der Waals surface area contributed by atoms with Crippen LogP contribution < -0.4 is 0 Å². The Kier molecular flexibility index (Phi) is 5.73. The van der Waals surface area contributed by atoms with Crippen molar-refractivity contribution < 1.29 is 0 Å². The van der Waals surface area contributed by atoms with Crippen molar-refractivity contribution in [1.29, 1.82) is 0 Å². The van der Waals surface area contributed by atoms with E-state index in [1.165, 1.54) is 12.0 Å². The maximum Gasteiger partial charge on any atom is 0.0110 e. The van der Waals surface area contributed by atoms with Crippen molar-refractivity contribution in [1.82, 2.24) is 0 Å². The molecular weight excluding hydrogens is 164 g/mol. The standard InChI is InChI=1S/C11H22S/c1-8(2)7-11(9(3)4)12-10(5)6/h9-11H,1,7H2,2-6H3. The summed E-state index contributed by atoms with van der Waals surface area (Å²) in [4.78, 5) is 0. The molecule has 1 unspecified atom stereocenters. The van der Waals surface area contributed by atoms with Gasteiger partial charge in [-0.2, -0.15) is 11.8 Å². The van der Waals surface area contributed by atoms with Crippen LogP contribution in [0.15, 0.2) is 12.2 Å². The summed E-state index contributed by atoms with van der Waals surface area (Å²) in [7, 11) is 0. The molecule has 0 fully saturated rings. The number of thioether (sulfide) groups is 1. The minimum absolute atomic E-state index is 0.733. The highest BCUT2D eigenvalue weighted by atomic mass is 32.2. The molecule has 0 aliphatic carbocycles. The fourth-order valence-electron chi connectivity index (χ4n) is 1.13. The topological polar surface area (TPSA) is 0 Å². The van der Waals surface area contributed by atoms with Gasteiger partial charge < -0.3 is 0 Å². The lowest BCUT2D eigenvalue weighted by atomic mass is 10.0. The molecule has 1 heteroatoms. The molecule has 0 saturated carbocycles. The predicted molar refractivity (Wildman–Crippen MR) is 60.8 cm³/mol.